The average molecular weight is 1100 g/mol. The first kappa shape index (κ1) is 76.8. The monoisotopic (exact) mass is 1100 g/mol. The Morgan fingerprint density at radius 2 is 0.581 bits per heavy atom. The molecular formula is C66H140N2O3PS2+. The molecule has 5 nitrogen and oxygen atoms in total. The maximum Gasteiger partial charge on any atom is 0.405 e. The van der Waals surface area contributed by atoms with Crippen LogP contribution in [0.4, 0.5) is 0 Å². The SMILES string of the molecule is C.CCCCCCCCCCCCSC(CCCCCCCC)CCCCCCCCCOP(=O)(NCC[N+](C)(C)C)OCCCCCCCCC(CCCCCCCCC)SCCCCCCCCCCCC. The van der Waals surface area contributed by atoms with Gasteiger partial charge in [0, 0.05) is 10.5 Å². The van der Waals surface area contributed by atoms with E-state index in [9.17, 15) is 4.57 Å². The summed E-state index contributed by atoms with van der Waals surface area (Å²) in [6, 6.07) is 0. The summed E-state index contributed by atoms with van der Waals surface area (Å²) < 4.78 is 26.9. The van der Waals surface area contributed by atoms with Gasteiger partial charge in [0.1, 0.15) is 0 Å². The number of rotatable bonds is 64. The second-order valence-corrected chi connectivity index (χ2v) is 28.7. The Bertz CT molecular complexity index is 1090. The molecule has 0 rings (SSSR count). The second kappa shape index (κ2) is 61.4. The molecule has 3 unspecified atom stereocenters. The van der Waals surface area contributed by atoms with E-state index in [1.54, 1.807) is 0 Å². The number of nitrogens with zero attached hydrogens (tertiary/aromatic N) is 1. The van der Waals surface area contributed by atoms with Crippen LogP contribution in [0.3, 0.4) is 0 Å². The minimum Gasteiger partial charge on any atom is -0.330 e. The van der Waals surface area contributed by atoms with Crippen LogP contribution in [-0.2, 0) is 13.6 Å². The standard InChI is InChI=1S/C65H136N2O3PS2.CH4/c1-8-12-16-20-24-26-28-36-44-52-62-72-64(54-46-38-23-19-15-11-4)56-48-40-32-30-34-42-50-60-69-71(68,66-58-59-67(5,6)7)70-61-51-43-35-33-41-49-57-65(55-47-39-31-22-18-14-10-3)73-63-53-45-37-29-27-25-21-17-13-9-2;/h64-65H,8-63H2,1-7H3,(H,66,68);1H4/q+1;. The highest BCUT2D eigenvalue weighted by molar-refractivity contribution is 8.00. The summed E-state index contributed by atoms with van der Waals surface area (Å²) in [5.41, 5.74) is 0. The van der Waals surface area contributed by atoms with E-state index in [-0.39, 0.29) is 7.43 Å². The van der Waals surface area contributed by atoms with Gasteiger partial charge in [-0.05, 0) is 62.9 Å². The molecule has 0 aromatic heterocycles. The minimum absolute atomic E-state index is 0. The van der Waals surface area contributed by atoms with Crippen molar-refractivity contribution < 1.29 is 18.1 Å². The van der Waals surface area contributed by atoms with E-state index in [0.29, 0.717) is 19.8 Å². The summed E-state index contributed by atoms with van der Waals surface area (Å²) >= 11 is 4.63. The fourth-order valence-corrected chi connectivity index (χ4v) is 14.5. The number of hydrogen-bond acceptors (Lipinski definition) is 5. The molecule has 3 atom stereocenters. The predicted octanol–water partition coefficient (Wildman–Crippen LogP) is 23.8. The Morgan fingerprint density at radius 3 is 0.838 bits per heavy atom. The van der Waals surface area contributed by atoms with Crippen LogP contribution in [0.15, 0.2) is 0 Å². The molecule has 0 spiro atoms. The van der Waals surface area contributed by atoms with Crippen LogP contribution in [0.2, 0.25) is 0 Å². The number of thioether (sulfide) groups is 2. The zero-order valence-electron chi connectivity index (χ0n) is 51.2. The lowest BCUT2D eigenvalue weighted by atomic mass is 10.0. The zero-order valence-corrected chi connectivity index (χ0v) is 53.7. The van der Waals surface area contributed by atoms with Gasteiger partial charge in [0.25, 0.3) is 0 Å². The molecule has 1 N–H and O–H groups in total. The van der Waals surface area contributed by atoms with Crippen molar-refractivity contribution in [3.05, 3.63) is 0 Å². The van der Waals surface area contributed by atoms with Crippen LogP contribution in [-0.4, -0.2) is 73.9 Å². The first-order chi connectivity index (χ1) is 35.7. The smallest absolute Gasteiger partial charge is 0.330 e. The third-order valence-corrected chi connectivity index (χ3v) is 20.0. The first-order valence-electron chi connectivity index (χ1n) is 33.4. The van der Waals surface area contributed by atoms with E-state index in [1.807, 2.05) is 0 Å². The molecule has 0 amide bonds. The molecule has 448 valence electrons. The number of nitrogens with one attached hydrogen (secondary N) is 1. The van der Waals surface area contributed by atoms with Crippen molar-refractivity contribution in [1.29, 1.82) is 0 Å². The van der Waals surface area contributed by atoms with Gasteiger partial charge < -0.3 is 4.48 Å². The number of unbranched alkanes of at least 4 members (excludes halogenated alkanes) is 40. The highest BCUT2D eigenvalue weighted by Gasteiger charge is 2.25. The fraction of sp³-hybridized carbons (Fsp3) is 1.00. The van der Waals surface area contributed by atoms with Gasteiger partial charge in [-0.25, -0.2) is 9.65 Å². The zero-order chi connectivity index (χ0) is 53.3. The summed E-state index contributed by atoms with van der Waals surface area (Å²) in [6.45, 7) is 11.8. The highest BCUT2D eigenvalue weighted by atomic mass is 32.2. The summed E-state index contributed by atoms with van der Waals surface area (Å²) in [7, 11) is 3.22. The van der Waals surface area contributed by atoms with E-state index in [4.69, 9.17) is 9.05 Å². The van der Waals surface area contributed by atoms with E-state index in [0.717, 1.165) is 47.2 Å². The fourth-order valence-electron chi connectivity index (χ4n) is 10.3. The van der Waals surface area contributed by atoms with E-state index < -0.39 is 7.75 Å². The third kappa shape index (κ3) is 60.4. The van der Waals surface area contributed by atoms with Crippen LogP contribution in [0.1, 0.15) is 356 Å². The molecule has 0 saturated carbocycles. The maximum absolute atomic E-state index is 13.9. The lowest BCUT2D eigenvalue weighted by molar-refractivity contribution is -0.869. The summed E-state index contributed by atoms with van der Waals surface area (Å²) in [4.78, 5) is 0. The Kier molecular flexibility index (Phi) is 63.7. The van der Waals surface area contributed by atoms with Crippen LogP contribution in [0.25, 0.3) is 0 Å². The molecule has 0 heterocycles. The average Bonchev–Trinajstić information content (AvgIpc) is 3.37. The third-order valence-electron chi connectivity index (χ3n) is 15.4. The molecule has 8 heteroatoms. The maximum atomic E-state index is 13.9. The van der Waals surface area contributed by atoms with Gasteiger partial charge in [0.2, 0.25) is 0 Å². The Hall–Kier alpha value is 0.770. The largest absolute Gasteiger partial charge is 0.405 e. The van der Waals surface area contributed by atoms with E-state index in [1.165, 1.54) is 307 Å². The summed E-state index contributed by atoms with van der Waals surface area (Å²) in [6.07, 6.45) is 68.9. The number of hydrogen-bond donors (Lipinski definition) is 1. The van der Waals surface area contributed by atoms with Crippen molar-refractivity contribution in [2.75, 3.05) is 59.0 Å². The van der Waals surface area contributed by atoms with Crippen LogP contribution in [0.5, 0.6) is 0 Å². The number of likely N-dealkylation sites (N-methyl/N-ethyl adjacent to an activating group) is 1. The molecular weight excluding hydrogens is 964 g/mol. The molecule has 74 heavy (non-hydrogen) atoms. The molecule has 0 aliphatic rings. The Labute approximate surface area is 477 Å². The lowest BCUT2D eigenvalue weighted by Gasteiger charge is -2.25. The minimum atomic E-state index is -3.31. The van der Waals surface area contributed by atoms with Gasteiger partial charge >= 0.3 is 7.75 Å². The Balaban J connectivity index is 0. The van der Waals surface area contributed by atoms with Crippen molar-refractivity contribution in [2.45, 2.75) is 367 Å². The van der Waals surface area contributed by atoms with Crippen LogP contribution >= 0.6 is 31.3 Å². The van der Waals surface area contributed by atoms with Gasteiger partial charge in [-0.3, -0.25) is 9.05 Å². The molecule has 0 saturated heterocycles. The molecule has 0 aromatic carbocycles. The van der Waals surface area contributed by atoms with Gasteiger partial charge in [-0.1, -0.05) is 305 Å². The number of quaternary nitrogens is 1. The van der Waals surface area contributed by atoms with Gasteiger partial charge in [-0.15, -0.1) is 0 Å². The van der Waals surface area contributed by atoms with Crippen molar-refractivity contribution in [3.63, 3.8) is 0 Å². The van der Waals surface area contributed by atoms with E-state index >= 15 is 0 Å². The van der Waals surface area contributed by atoms with Gasteiger partial charge in [0.05, 0.1) is 47.4 Å². The lowest BCUT2D eigenvalue weighted by Crippen LogP contribution is -2.40. The molecule has 0 bridgehead atoms. The van der Waals surface area contributed by atoms with Crippen LogP contribution < -0.4 is 5.09 Å². The van der Waals surface area contributed by atoms with Gasteiger partial charge in [-0.2, -0.15) is 23.5 Å². The Morgan fingerprint density at radius 1 is 0.351 bits per heavy atom. The van der Waals surface area contributed by atoms with Gasteiger partial charge in [0.15, 0.2) is 0 Å². The normalized spacial score (nSPS) is 13.6. The van der Waals surface area contributed by atoms with Crippen molar-refractivity contribution in [2.24, 2.45) is 0 Å². The summed E-state index contributed by atoms with van der Waals surface area (Å²) in [5, 5.41) is 4.97. The van der Waals surface area contributed by atoms with Crippen molar-refractivity contribution in [3.8, 4) is 0 Å². The topological polar surface area (TPSA) is 47.6 Å². The first-order valence-corrected chi connectivity index (χ1v) is 37.0. The summed E-state index contributed by atoms with van der Waals surface area (Å²) in [5.74, 6) is 2.75. The van der Waals surface area contributed by atoms with Crippen molar-refractivity contribution >= 4 is 31.3 Å². The quantitative estimate of drug-likeness (QED) is 0.0372. The molecule has 0 aliphatic carbocycles. The second-order valence-electron chi connectivity index (χ2n) is 24.1. The highest BCUT2D eigenvalue weighted by Crippen LogP contribution is 2.44. The molecule has 0 radical (unpaired) electrons. The van der Waals surface area contributed by atoms with Crippen molar-refractivity contribution in [1.82, 2.24) is 5.09 Å². The molecule has 0 fully saturated rings. The van der Waals surface area contributed by atoms with Crippen LogP contribution in [0, 0.1) is 0 Å². The molecule has 0 aliphatic heterocycles. The predicted molar refractivity (Wildman–Crippen MR) is 343 cm³/mol. The molecule has 0 aromatic rings. The van der Waals surface area contributed by atoms with E-state index in [2.05, 4.69) is 77.4 Å².